The molecule has 0 bridgehead atoms. The van der Waals surface area contributed by atoms with Crippen molar-refractivity contribution in [2.45, 2.75) is 31.0 Å². The number of thiophene rings is 1. The summed E-state index contributed by atoms with van der Waals surface area (Å²) in [4.78, 5) is 13.0. The monoisotopic (exact) mass is 373 g/mol. The van der Waals surface area contributed by atoms with Crippen molar-refractivity contribution in [2.24, 2.45) is 0 Å². The summed E-state index contributed by atoms with van der Waals surface area (Å²) in [5.74, 6) is 1.11. The quantitative estimate of drug-likeness (QED) is 0.607. The van der Waals surface area contributed by atoms with Crippen molar-refractivity contribution >= 4 is 29.0 Å². The molecule has 0 radical (unpaired) electrons. The van der Waals surface area contributed by atoms with Gasteiger partial charge in [-0.1, -0.05) is 55.1 Å². The topological polar surface area (TPSA) is 68.0 Å². The largest absolute Gasteiger partial charge is 0.416 e. The maximum absolute atomic E-state index is 11.9. The molecule has 5 nitrogen and oxygen atoms in total. The van der Waals surface area contributed by atoms with E-state index in [0.29, 0.717) is 30.0 Å². The number of amides is 1. The van der Waals surface area contributed by atoms with Crippen LogP contribution in [0.25, 0.3) is 0 Å². The molecule has 3 aromatic rings. The summed E-state index contributed by atoms with van der Waals surface area (Å²) in [7, 11) is 0. The Kier molecular flexibility index (Phi) is 6.25. The van der Waals surface area contributed by atoms with E-state index >= 15 is 0 Å². The third-order valence-electron chi connectivity index (χ3n) is 3.66. The van der Waals surface area contributed by atoms with Crippen LogP contribution in [0.2, 0.25) is 0 Å². The van der Waals surface area contributed by atoms with E-state index in [9.17, 15) is 4.79 Å². The SMILES string of the molecule is CC(Cc1nnc(SCC(=O)NCc2cccs2)o1)c1ccccc1. The van der Waals surface area contributed by atoms with Gasteiger partial charge in [0.25, 0.3) is 5.22 Å². The van der Waals surface area contributed by atoms with E-state index in [-0.39, 0.29) is 11.7 Å². The number of hydrogen-bond acceptors (Lipinski definition) is 6. The fourth-order valence-corrected chi connectivity index (χ4v) is 3.57. The Bertz CT molecular complexity index is 788. The van der Waals surface area contributed by atoms with E-state index in [2.05, 4.69) is 34.6 Å². The standard InChI is InChI=1S/C18H19N3O2S2/c1-13(14-6-3-2-4-7-14)10-17-20-21-18(23-17)25-12-16(22)19-11-15-8-5-9-24-15/h2-9,13H,10-12H2,1H3,(H,19,22). The predicted molar refractivity (Wildman–Crippen MR) is 99.7 cm³/mol. The van der Waals surface area contributed by atoms with Gasteiger partial charge in [-0.3, -0.25) is 4.79 Å². The van der Waals surface area contributed by atoms with Crippen LogP contribution < -0.4 is 5.32 Å². The van der Waals surface area contributed by atoms with E-state index in [0.717, 1.165) is 4.88 Å². The minimum Gasteiger partial charge on any atom is -0.416 e. The number of rotatable bonds is 8. The first-order valence-corrected chi connectivity index (χ1v) is 9.86. The molecule has 25 heavy (non-hydrogen) atoms. The lowest BCUT2D eigenvalue weighted by atomic mass is 9.98. The second-order valence-corrected chi connectivity index (χ2v) is 7.58. The Balaban J connectivity index is 1.44. The molecule has 0 saturated carbocycles. The number of hydrogen-bond donors (Lipinski definition) is 1. The molecule has 2 aromatic heterocycles. The zero-order valence-electron chi connectivity index (χ0n) is 13.8. The molecule has 0 spiro atoms. The Morgan fingerprint density at radius 2 is 2.08 bits per heavy atom. The zero-order valence-corrected chi connectivity index (χ0v) is 15.5. The van der Waals surface area contributed by atoms with Crippen molar-refractivity contribution in [1.82, 2.24) is 15.5 Å². The average Bonchev–Trinajstić information content (AvgIpc) is 3.31. The molecule has 130 valence electrons. The first-order chi connectivity index (χ1) is 12.2. The summed E-state index contributed by atoms with van der Waals surface area (Å²) >= 11 is 2.88. The number of nitrogens with zero attached hydrogens (tertiary/aromatic N) is 2. The number of carbonyl (C=O) groups is 1. The summed E-state index contributed by atoms with van der Waals surface area (Å²) in [6.07, 6.45) is 0.683. The molecule has 0 aliphatic heterocycles. The highest BCUT2D eigenvalue weighted by atomic mass is 32.2. The zero-order chi connectivity index (χ0) is 17.5. The Labute approximate surface area is 154 Å². The van der Waals surface area contributed by atoms with Gasteiger partial charge >= 0.3 is 0 Å². The van der Waals surface area contributed by atoms with Gasteiger partial charge in [-0.05, 0) is 22.9 Å². The second kappa shape index (κ2) is 8.82. The van der Waals surface area contributed by atoms with Crippen molar-refractivity contribution in [3.8, 4) is 0 Å². The maximum atomic E-state index is 11.9. The highest BCUT2D eigenvalue weighted by Gasteiger charge is 2.13. The Hall–Kier alpha value is -2.12. The van der Waals surface area contributed by atoms with Crippen LogP contribution in [0.15, 0.2) is 57.5 Å². The maximum Gasteiger partial charge on any atom is 0.277 e. The average molecular weight is 374 g/mol. The van der Waals surface area contributed by atoms with Gasteiger partial charge in [-0.2, -0.15) is 0 Å². The summed E-state index contributed by atoms with van der Waals surface area (Å²) in [5, 5.41) is 13.4. The van der Waals surface area contributed by atoms with Gasteiger partial charge in [-0.25, -0.2) is 0 Å². The molecule has 0 aliphatic rings. The van der Waals surface area contributed by atoms with E-state index in [1.165, 1.54) is 17.3 Å². The van der Waals surface area contributed by atoms with Crippen LogP contribution in [0.5, 0.6) is 0 Å². The van der Waals surface area contributed by atoms with Gasteiger partial charge < -0.3 is 9.73 Å². The lowest BCUT2D eigenvalue weighted by Crippen LogP contribution is -2.24. The molecule has 0 fully saturated rings. The molecule has 7 heteroatoms. The van der Waals surface area contributed by atoms with Crippen LogP contribution in [0, 0.1) is 0 Å². The van der Waals surface area contributed by atoms with Crippen LogP contribution >= 0.6 is 23.1 Å². The molecule has 1 N–H and O–H groups in total. The number of nitrogens with one attached hydrogen (secondary N) is 1. The highest BCUT2D eigenvalue weighted by molar-refractivity contribution is 7.99. The number of benzene rings is 1. The van der Waals surface area contributed by atoms with Crippen LogP contribution in [0.4, 0.5) is 0 Å². The smallest absolute Gasteiger partial charge is 0.277 e. The molecule has 3 rings (SSSR count). The van der Waals surface area contributed by atoms with Crippen molar-refractivity contribution in [3.05, 3.63) is 64.2 Å². The van der Waals surface area contributed by atoms with Crippen molar-refractivity contribution in [3.63, 3.8) is 0 Å². The van der Waals surface area contributed by atoms with Gasteiger partial charge in [0.05, 0.1) is 12.3 Å². The van der Waals surface area contributed by atoms with Gasteiger partial charge in [-0.15, -0.1) is 21.5 Å². The fourth-order valence-electron chi connectivity index (χ4n) is 2.32. The molecule has 0 saturated heterocycles. The fraction of sp³-hybridized carbons (Fsp3) is 0.278. The molecule has 1 unspecified atom stereocenters. The van der Waals surface area contributed by atoms with Crippen molar-refractivity contribution in [1.29, 1.82) is 0 Å². The number of carbonyl (C=O) groups excluding carboxylic acids is 1. The van der Waals surface area contributed by atoms with Crippen LogP contribution in [-0.2, 0) is 17.8 Å². The summed E-state index contributed by atoms with van der Waals surface area (Å²) in [5.41, 5.74) is 1.24. The molecule has 1 aromatic carbocycles. The lowest BCUT2D eigenvalue weighted by Gasteiger charge is -2.08. The van der Waals surface area contributed by atoms with Crippen LogP contribution in [-0.4, -0.2) is 21.9 Å². The first-order valence-electron chi connectivity index (χ1n) is 8.00. The van der Waals surface area contributed by atoms with E-state index in [1.807, 2.05) is 35.7 Å². The Morgan fingerprint density at radius 3 is 2.84 bits per heavy atom. The van der Waals surface area contributed by atoms with E-state index < -0.39 is 0 Å². The molecular weight excluding hydrogens is 354 g/mol. The lowest BCUT2D eigenvalue weighted by molar-refractivity contribution is -0.118. The van der Waals surface area contributed by atoms with Crippen molar-refractivity contribution < 1.29 is 9.21 Å². The summed E-state index contributed by atoms with van der Waals surface area (Å²) in [6.45, 7) is 2.69. The first kappa shape index (κ1) is 17.7. The number of thioether (sulfide) groups is 1. The molecular formula is C18H19N3O2S2. The van der Waals surface area contributed by atoms with Crippen molar-refractivity contribution in [2.75, 3.05) is 5.75 Å². The van der Waals surface area contributed by atoms with E-state index in [1.54, 1.807) is 11.3 Å². The Morgan fingerprint density at radius 1 is 1.24 bits per heavy atom. The normalized spacial score (nSPS) is 12.0. The van der Waals surface area contributed by atoms with Gasteiger partial charge in [0.15, 0.2) is 0 Å². The summed E-state index contributed by atoms with van der Waals surface area (Å²) in [6, 6.07) is 14.2. The highest BCUT2D eigenvalue weighted by Crippen LogP contribution is 2.22. The van der Waals surface area contributed by atoms with Crippen LogP contribution in [0.3, 0.4) is 0 Å². The minimum atomic E-state index is -0.0456. The van der Waals surface area contributed by atoms with Gasteiger partial charge in [0.2, 0.25) is 11.8 Å². The van der Waals surface area contributed by atoms with E-state index in [4.69, 9.17) is 4.42 Å². The van der Waals surface area contributed by atoms with Gasteiger partial charge in [0, 0.05) is 11.3 Å². The predicted octanol–water partition coefficient (Wildman–Crippen LogP) is 3.89. The molecule has 1 amide bonds. The second-order valence-electron chi connectivity index (χ2n) is 5.62. The minimum absolute atomic E-state index is 0.0456. The summed E-state index contributed by atoms with van der Waals surface area (Å²) < 4.78 is 5.64. The number of aromatic nitrogens is 2. The molecule has 2 heterocycles. The van der Waals surface area contributed by atoms with Gasteiger partial charge in [0.1, 0.15) is 0 Å². The molecule has 0 aliphatic carbocycles. The third-order valence-corrected chi connectivity index (χ3v) is 5.36. The molecule has 1 atom stereocenters. The van der Waals surface area contributed by atoms with Crippen LogP contribution in [0.1, 0.15) is 29.2 Å². The third kappa shape index (κ3) is 5.44.